The van der Waals surface area contributed by atoms with Crippen molar-refractivity contribution in [2.45, 2.75) is 13.3 Å². The van der Waals surface area contributed by atoms with Crippen molar-refractivity contribution < 1.29 is 9.47 Å². The summed E-state index contributed by atoms with van der Waals surface area (Å²) in [6, 6.07) is 5.68. The first kappa shape index (κ1) is 13.6. The molecule has 0 radical (unpaired) electrons. The first-order valence-corrected chi connectivity index (χ1v) is 6.24. The first-order valence-electron chi connectivity index (χ1n) is 5.33. The molecule has 1 aromatic carbocycles. The van der Waals surface area contributed by atoms with Gasteiger partial charge in [-0.2, -0.15) is 0 Å². The van der Waals surface area contributed by atoms with Crippen LogP contribution in [-0.2, 0) is 11.2 Å². The van der Waals surface area contributed by atoms with Gasteiger partial charge in [-0.3, -0.25) is 0 Å². The summed E-state index contributed by atoms with van der Waals surface area (Å²) >= 11 is 11.5. The molecule has 0 aliphatic rings. The van der Waals surface area contributed by atoms with Crippen LogP contribution >= 0.6 is 23.2 Å². The summed E-state index contributed by atoms with van der Waals surface area (Å²) in [4.78, 5) is 0. The fourth-order valence-electron chi connectivity index (χ4n) is 1.29. The number of aryl methyl sites for hydroxylation is 1. The standard InChI is InChI=1S/C12H16Cl2O2/c1-2-10-9-11(3-4-12(10)14)16-8-7-15-6-5-13/h3-4,9H,2,5-8H2,1H3. The molecule has 1 rings (SSSR count). The van der Waals surface area contributed by atoms with Gasteiger partial charge in [0.05, 0.1) is 13.2 Å². The minimum Gasteiger partial charge on any atom is -0.491 e. The van der Waals surface area contributed by atoms with Crippen LogP contribution < -0.4 is 4.74 Å². The molecule has 16 heavy (non-hydrogen) atoms. The summed E-state index contributed by atoms with van der Waals surface area (Å²) in [7, 11) is 0. The average Bonchev–Trinajstić information content (AvgIpc) is 2.31. The molecule has 0 saturated carbocycles. The number of hydrogen-bond donors (Lipinski definition) is 0. The molecule has 0 heterocycles. The zero-order valence-corrected chi connectivity index (χ0v) is 10.9. The Hall–Kier alpha value is -0.440. The van der Waals surface area contributed by atoms with Gasteiger partial charge < -0.3 is 9.47 Å². The van der Waals surface area contributed by atoms with Gasteiger partial charge in [-0.1, -0.05) is 18.5 Å². The number of halogens is 2. The summed E-state index contributed by atoms with van der Waals surface area (Å²) < 4.78 is 10.7. The molecular formula is C12H16Cl2O2. The van der Waals surface area contributed by atoms with Crippen LogP contribution in [0.15, 0.2) is 18.2 Å². The molecule has 0 spiro atoms. The maximum Gasteiger partial charge on any atom is 0.119 e. The van der Waals surface area contributed by atoms with Crippen molar-refractivity contribution in [2.24, 2.45) is 0 Å². The fraction of sp³-hybridized carbons (Fsp3) is 0.500. The van der Waals surface area contributed by atoms with Crippen LogP contribution in [0.5, 0.6) is 5.75 Å². The van der Waals surface area contributed by atoms with Gasteiger partial charge in [0.25, 0.3) is 0 Å². The highest BCUT2D eigenvalue weighted by atomic mass is 35.5. The van der Waals surface area contributed by atoms with Gasteiger partial charge in [-0.25, -0.2) is 0 Å². The summed E-state index contributed by atoms with van der Waals surface area (Å²) in [5.41, 5.74) is 1.10. The van der Waals surface area contributed by atoms with Crippen molar-refractivity contribution in [2.75, 3.05) is 25.7 Å². The third kappa shape index (κ3) is 4.60. The predicted octanol–water partition coefficient (Wildman–Crippen LogP) is 3.54. The van der Waals surface area contributed by atoms with E-state index in [0.29, 0.717) is 25.7 Å². The summed E-state index contributed by atoms with van der Waals surface area (Å²) in [5, 5.41) is 0.785. The Bertz CT molecular complexity index is 316. The van der Waals surface area contributed by atoms with Gasteiger partial charge >= 0.3 is 0 Å². The molecule has 0 atom stereocenters. The lowest BCUT2D eigenvalue weighted by atomic mass is 10.1. The van der Waals surface area contributed by atoms with E-state index in [4.69, 9.17) is 32.7 Å². The topological polar surface area (TPSA) is 18.5 Å². The molecule has 0 N–H and O–H groups in total. The Morgan fingerprint density at radius 2 is 2.00 bits per heavy atom. The first-order chi connectivity index (χ1) is 7.77. The van der Waals surface area contributed by atoms with E-state index in [2.05, 4.69) is 6.92 Å². The Balaban J connectivity index is 2.36. The van der Waals surface area contributed by atoms with E-state index in [1.54, 1.807) is 0 Å². The quantitative estimate of drug-likeness (QED) is 0.553. The summed E-state index contributed by atoms with van der Waals surface area (Å²) in [6.45, 7) is 3.71. The van der Waals surface area contributed by atoms with E-state index in [1.807, 2.05) is 18.2 Å². The second-order valence-corrected chi connectivity index (χ2v) is 4.04. The molecule has 0 saturated heterocycles. The number of benzene rings is 1. The lowest BCUT2D eigenvalue weighted by molar-refractivity contribution is 0.111. The largest absolute Gasteiger partial charge is 0.491 e. The predicted molar refractivity (Wildman–Crippen MR) is 67.9 cm³/mol. The normalized spacial score (nSPS) is 10.4. The van der Waals surface area contributed by atoms with Gasteiger partial charge in [0.15, 0.2) is 0 Å². The van der Waals surface area contributed by atoms with Crippen molar-refractivity contribution in [1.29, 1.82) is 0 Å². The molecule has 0 unspecified atom stereocenters. The number of rotatable bonds is 7. The molecule has 2 nitrogen and oxygen atoms in total. The molecule has 90 valence electrons. The van der Waals surface area contributed by atoms with Gasteiger partial charge in [0, 0.05) is 10.9 Å². The maximum atomic E-state index is 6.00. The molecular weight excluding hydrogens is 247 g/mol. The molecule has 0 aliphatic heterocycles. The molecule has 0 bridgehead atoms. The highest BCUT2D eigenvalue weighted by Crippen LogP contribution is 2.22. The lowest BCUT2D eigenvalue weighted by Gasteiger charge is -2.08. The van der Waals surface area contributed by atoms with Crippen molar-refractivity contribution in [3.8, 4) is 5.75 Å². The zero-order valence-electron chi connectivity index (χ0n) is 9.34. The van der Waals surface area contributed by atoms with Crippen molar-refractivity contribution in [3.63, 3.8) is 0 Å². The third-order valence-electron chi connectivity index (χ3n) is 2.12. The van der Waals surface area contributed by atoms with Crippen LogP contribution in [0.3, 0.4) is 0 Å². The molecule has 1 aromatic rings. The van der Waals surface area contributed by atoms with E-state index < -0.39 is 0 Å². The number of alkyl halides is 1. The highest BCUT2D eigenvalue weighted by molar-refractivity contribution is 6.31. The van der Waals surface area contributed by atoms with Crippen molar-refractivity contribution in [1.82, 2.24) is 0 Å². The smallest absolute Gasteiger partial charge is 0.119 e. The fourth-order valence-corrected chi connectivity index (χ4v) is 1.65. The van der Waals surface area contributed by atoms with E-state index in [-0.39, 0.29) is 0 Å². The molecule has 0 aromatic heterocycles. The summed E-state index contributed by atoms with van der Waals surface area (Å²) in [5.74, 6) is 1.34. The van der Waals surface area contributed by atoms with Crippen LogP contribution in [0, 0.1) is 0 Å². The zero-order chi connectivity index (χ0) is 11.8. The van der Waals surface area contributed by atoms with Crippen LogP contribution in [-0.4, -0.2) is 25.7 Å². The molecule has 4 heteroatoms. The molecule has 0 aliphatic carbocycles. The Kier molecular flexibility index (Phi) is 6.62. The van der Waals surface area contributed by atoms with Crippen LogP contribution in [0.2, 0.25) is 5.02 Å². The van der Waals surface area contributed by atoms with E-state index in [9.17, 15) is 0 Å². The maximum absolute atomic E-state index is 6.00. The number of ether oxygens (including phenoxy) is 2. The van der Waals surface area contributed by atoms with Crippen molar-refractivity contribution >= 4 is 23.2 Å². The second kappa shape index (κ2) is 7.77. The summed E-state index contributed by atoms with van der Waals surface area (Å²) in [6.07, 6.45) is 0.902. The Morgan fingerprint density at radius 3 is 2.69 bits per heavy atom. The van der Waals surface area contributed by atoms with Crippen molar-refractivity contribution in [3.05, 3.63) is 28.8 Å². The van der Waals surface area contributed by atoms with E-state index in [1.165, 1.54) is 0 Å². The van der Waals surface area contributed by atoms with Gasteiger partial charge in [0.2, 0.25) is 0 Å². The van der Waals surface area contributed by atoms with E-state index in [0.717, 1.165) is 22.8 Å². The lowest BCUT2D eigenvalue weighted by Crippen LogP contribution is -2.08. The minimum atomic E-state index is 0.515. The van der Waals surface area contributed by atoms with Crippen LogP contribution in [0.25, 0.3) is 0 Å². The Morgan fingerprint density at radius 1 is 1.19 bits per heavy atom. The SMILES string of the molecule is CCc1cc(OCCOCCCl)ccc1Cl. The third-order valence-corrected chi connectivity index (χ3v) is 2.64. The molecule has 0 fully saturated rings. The average molecular weight is 263 g/mol. The number of hydrogen-bond acceptors (Lipinski definition) is 2. The van der Waals surface area contributed by atoms with Gasteiger partial charge in [-0.05, 0) is 30.2 Å². The second-order valence-electron chi connectivity index (χ2n) is 3.26. The Labute approximate surface area is 106 Å². The van der Waals surface area contributed by atoms with Gasteiger partial charge in [0.1, 0.15) is 12.4 Å². The monoisotopic (exact) mass is 262 g/mol. The van der Waals surface area contributed by atoms with Crippen LogP contribution in [0.4, 0.5) is 0 Å². The highest BCUT2D eigenvalue weighted by Gasteiger charge is 2.00. The van der Waals surface area contributed by atoms with Gasteiger partial charge in [-0.15, -0.1) is 11.6 Å². The minimum absolute atomic E-state index is 0.515. The molecule has 0 amide bonds. The van der Waals surface area contributed by atoms with E-state index >= 15 is 0 Å². The van der Waals surface area contributed by atoms with Crippen LogP contribution in [0.1, 0.15) is 12.5 Å².